The number of hydroxylamine groups is 1. The molecule has 0 saturated heterocycles. The summed E-state index contributed by atoms with van der Waals surface area (Å²) in [6.07, 6.45) is 14.8. The molecular formula is C54H35N9O3. The predicted octanol–water partition coefficient (Wildman–Crippen LogP) is 11.8. The first-order valence-electron chi connectivity index (χ1n) is 21.9. The number of nitrogens with zero attached hydrogens (tertiary/aromatic N) is 8. The fraction of sp³-hybridized carbons (Fsp3) is 0.0556. The van der Waals surface area contributed by atoms with E-state index < -0.39 is 0 Å². The predicted molar refractivity (Wildman–Crippen MR) is 257 cm³/mol. The lowest BCUT2D eigenvalue weighted by molar-refractivity contribution is 0.0672. The quantitative estimate of drug-likeness (QED) is 0.166. The zero-order valence-electron chi connectivity index (χ0n) is 34.9. The van der Waals surface area contributed by atoms with Gasteiger partial charge in [-0.3, -0.25) is 4.94 Å². The molecule has 12 nitrogen and oxygen atoms in total. The number of aromatic nitrogens is 5. The van der Waals surface area contributed by atoms with Crippen molar-refractivity contribution in [2.75, 3.05) is 9.80 Å². The van der Waals surface area contributed by atoms with Crippen molar-refractivity contribution in [1.29, 1.82) is 0 Å². The van der Waals surface area contributed by atoms with Gasteiger partial charge in [-0.1, -0.05) is 120 Å². The van der Waals surface area contributed by atoms with Crippen LogP contribution in [0, 0.1) is 0 Å². The van der Waals surface area contributed by atoms with Crippen molar-refractivity contribution in [3.8, 4) is 27.9 Å². The molecule has 0 saturated carbocycles. The number of rotatable bonds is 7. The fourth-order valence-electron chi connectivity index (χ4n) is 10.4. The summed E-state index contributed by atoms with van der Waals surface area (Å²) < 4.78 is 13.4. The minimum atomic E-state index is -0.271. The van der Waals surface area contributed by atoms with Crippen LogP contribution in [0.25, 0.3) is 71.8 Å². The Kier molecular flexibility index (Phi) is 7.94. The molecule has 0 amide bonds. The number of allylic oxidation sites excluding steroid dienone is 4. The lowest BCUT2D eigenvalue weighted by atomic mass is 9.91. The van der Waals surface area contributed by atoms with E-state index in [1.54, 1.807) is 0 Å². The molecule has 5 heterocycles. The number of hydrogen-bond acceptors (Lipinski definition) is 11. The molecule has 10 aromatic rings. The van der Waals surface area contributed by atoms with Crippen LogP contribution in [-0.4, -0.2) is 43.0 Å². The van der Waals surface area contributed by atoms with Gasteiger partial charge in [0.2, 0.25) is 0 Å². The fourth-order valence-corrected chi connectivity index (χ4v) is 10.4. The number of nitrogens with one attached hydrogen (secondary N) is 1. The molecule has 0 fully saturated rings. The normalized spacial score (nSPS) is 18.2. The Morgan fingerprint density at radius 3 is 1.80 bits per heavy atom. The van der Waals surface area contributed by atoms with E-state index >= 15 is 0 Å². The Bertz CT molecular complexity index is 3710. The van der Waals surface area contributed by atoms with E-state index in [1.807, 2.05) is 30.4 Å². The van der Waals surface area contributed by atoms with Crippen LogP contribution >= 0.6 is 0 Å². The van der Waals surface area contributed by atoms with E-state index in [9.17, 15) is 0 Å². The van der Waals surface area contributed by atoms with Crippen LogP contribution in [0.4, 0.5) is 22.7 Å². The van der Waals surface area contributed by atoms with Gasteiger partial charge in [-0.2, -0.15) is 0 Å². The summed E-state index contributed by atoms with van der Waals surface area (Å²) >= 11 is 0. The van der Waals surface area contributed by atoms with Crippen LogP contribution in [0.15, 0.2) is 208 Å². The maximum absolute atomic E-state index is 5.57. The summed E-state index contributed by atoms with van der Waals surface area (Å²) in [5, 5.41) is 24.9. The van der Waals surface area contributed by atoms with Crippen molar-refractivity contribution < 1.29 is 14.2 Å². The van der Waals surface area contributed by atoms with Gasteiger partial charge in [0, 0.05) is 44.9 Å². The van der Waals surface area contributed by atoms with E-state index in [0.29, 0.717) is 45.1 Å². The molecule has 0 spiro atoms. The third kappa shape index (κ3) is 5.39. The largest absolute Gasteiger partial charge is 0.333 e. The first-order valence-corrected chi connectivity index (χ1v) is 21.9. The Labute approximate surface area is 376 Å². The zero-order valence-corrected chi connectivity index (χ0v) is 34.9. The van der Waals surface area contributed by atoms with E-state index in [1.165, 1.54) is 22.0 Å². The summed E-state index contributed by atoms with van der Waals surface area (Å²) in [7, 11) is 0. The Morgan fingerprint density at radius 2 is 1.12 bits per heavy atom. The Morgan fingerprint density at radius 1 is 0.530 bits per heavy atom. The van der Waals surface area contributed by atoms with Gasteiger partial charge in [0.15, 0.2) is 11.0 Å². The number of benzene rings is 7. The highest BCUT2D eigenvalue weighted by Crippen LogP contribution is 2.49. The third-order valence-corrected chi connectivity index (χ3v) is 13.4. The molecular weight excluding hydrogens is 823 g/mol. The molecule has 1 N–H and O–H groups in total. The third-order valence-electron chi connectivity index (χ3n) is 13.4. The molecule has 3 unspecified atom stereocenters. The van der Waals surface area contributed by atoms with E-state index in [4.69, 9.17) is 14.2 Å². The smallest absolute Gasteiger partial charge is 0.159 e. The first-order chi connectivity index (χ1) is 32.8. The SMILES string of the molecule is C1=CC2NON=C2C(N(c2ccc(-c3ccc(N4c5ccccc5C5C=CC=CC54)cc3)c3nonc23)c2ccc(-c3ccc(-n4c5ccccc5c5ccccc54)cc3)c3nonc23)=C1. The molecule has 0 bridgehead atoms. The minimum Gasteiger partial charge on any atom is -0.333 e. The van der Waals surface area contributed by atoms with Gasteiger partial charge in [-0.25, -0.2) is 9.26 Å². The molecule has 3 aromatic heterocycles. The Hall–Kier alpha value is -8.87. The monoisotopic (exact) mass is 857 g/mol. The maximum Gasteiger partial charge on any atom is 0.159 e. The summed E-state index contributed by atoms with van der Waals surface area (Å²) in [6, 6.07) is 51.0. The molecule has 14 rings (SSSR count). The second-order valence-corrected chi connectivity index (χ2v) is 16.8. The topological polar surface area (TPSA) is 123 Å². The van der Waals surface area contributed by atoms with Gasteiger partial charge in [0.25, 0.3) is 0 Å². The summed E-state index contributed by atoms with van der Waals surface area (Å²) in [5.74, 6) is 0.306. The van der Waals surface area contributed by atoms with Crippen LogP contribution in [0.2, 0.25) is 0 Å². The van der Waals surface area contributed by atoms with Crippen LogP contribution in [0.3, 0.4) is 0 Å². The lowest BCUT2D eigenvalue weighted by Crippen LogP contribution is -2.35. The highest BCUT2D eigenvalue weighted by Gasteiger charge is 2.38. The van der Waals surface area contributed by atoms with E-state index in [2.05, 4.69) is 203 Å². The van der Waals surface area contributed by atoms with E-state index in [0.717, 1.165) is 50.4 Å². The first kappa shape index (κ1) is 36.6. The Balaban J connectivity index is 0.857. The number of oxime groups is 1. The summed E-state index contributed by atoms with van der Waals surface area (Å²) in [5.41, 5.74) is 18.9. The maximum atomic E-state index is 5.57. The summed E-state index contributed by atoms with van der Waals surface area (Å²) in [6.45, 7) is 0. The van der Waals surface area contributed by atoms with Crippen LogP contribution in [-0.2, 0) is 4.94 Å². The van der Waals surface area contributed by atoms with Crippen molar-refractivity contribution >= 4 is 72.3 Å². The van der Waals surface area contributed by atoms with Crippen molar-refractivity contribution in [2.45, 2.75) is 18.0 Å². The molecule has 4 aliphatic rings. The number of fused-ring (bicyclic) bond motifs is 9. The van der Waals surface area contributed by atoms with Gasteiger partial charge < -0.3 is 14.4 Å². The molecule has 314 valence electrons. The zero-order chi connectivity index (χ0) is 43.3. The van der Waals surface area contributed by atoms with Crippen molar-refractivity contribution in [1.82, 2.24) is 30.7 Å². The molecule has 66 heavy (non-hydrogen) atoms. The molecule has 12 heteroatoms. The van der Waals surface area contributed by atoms with Gasteiger partial charge in [0.05, 0.1) is 34.1 Å². The molecule has 2 aliphatic carbocycles. The van der Waals surface area contributed by atoms with Crippen molar-refractivity contribution in [3.05, 3.63) is 199 Å². The van der Waals surface area contributed by atoms with E-state index in [-0.39, 0.29) is 12.1 Å². The average Bonchev–Trinajstić information content (AvgIpc) is 4.24. The molecule has 3 atom stereocenters. The van der Waals surface area contributed by atoms with Crippen LogP contribution < -0.4 is 15.3 Å². The second-order valence-electron chi connectivity index (χ2n) is 16.8. The lowest BCUT2D eigenvalue weighted by Gasteiger charge is -2.29. The molecule has 7 aromatic carbocycles. The van der Waals surface area contributed by atoms with Crippen LogP contribution in [0.5, 0.6) is 0 Å². The second kappa shape index (κ2) is 14.3. The number of para-hydroxylation sites is 3. The molecule has 2 aliphatic heterocycles. The highest BCUT2D eigenvalue weighted by atomic mass is 16.8. The van der Waals surface area contributed by atoms with Crippen molar-refractivity contribution in [3.63, 3.8) is 0 Å². The molecule has 0 radical (unpaired) electrons. The van der Waals surface area contributed by atoms with Crippen molar-refractivity contribution in [2.24, 2.45) is 5.16 Å². The average molecular weight is 858 g/mol. The van der Waals surface area contributed by atoms with Crippen LogP contribution in [0.1, 0.15) is 11.5 Å². The highest BCUT2D eigenvalue weighted by molar-refractivity contribution is 6.15. The standard InChI is InChI=1S/C54H35N9O3/c1-5-15-43-38(10-1)39-11-2-6-16-44(39)61(43)34-24-20-32(21-25-34)36-28-30-48(53-50(36)56-65-59-53)63(47-19-9-14-42-52(47)58-64-55-42)49-31-29-37(51-54(49)60-66-57-51)33-22-26-35(27-23-33)62-45-17-7-3-12-40(45)41-13-4-8-18-46(41)62/h1-31,38,42-43,55H. The minimum absolute atomic E-state index is 0.210. The van der Waals surface area contributed by atoms with Gasteiger partial charge >= 0.3 is 0 Å². The van der Waals surface area contributed by atoms with Gasteiger partial charge in [-0.05, 0) is 110 Å². The van der Waals surface area contributed by atoms with Gasteiger partial charge in [-0.15, -0.1) is 5.48 Å². The number of anilines is 4. The summed E-state index contributed by atoms with van der Waals surface area (Å²) in [4.78, 5) is 9.92. The van der Waals surface area contributed by atoms with Gasteiger partial charge in [0.1, 0.15) is 22.8 Å². The number of hydrogen-bond donors (Lipinski definition) is 1.